The number of hydrogen-bond acceptors (Lipinski definition) is 12. The van der Waals surface area contributed by atoms with E-state index >= 15 is 0 Å². The lowest BCUT2D eigenvalue weighted by atomic mass is 10.1. The van der Waals surface area contributed by atoms with Gasteiger partial charge in [0.1, 0.15) is 11.3 Å². The fourth-order valence-electron chi connectivity index (χ4n) is 7.31. The number of nitrogens with zero attached hydrogens (tertiary/aromatic N) is 10. The maximum absolute atomic E-state index is 14.1. The molecule has 0 bridgehead atoms. The van der Waals surface area contributed by atoms with Gasteiger partial charge in [0.05, 0.1) is 11.1 Å². The molecule has 0 atom stereocenters. The van der Waals surface area contributed by atoms with Gasteiger partial charge in [0, 0.05) is 111 Å². The molecule has 0 saturated carbocycles. The lowest BCUT2D eigenvalue weighted by molar-refractivity contribution is 0.313. The average Bonchev–Trinajstić information content (AvgIpc) is 3.19. The number of piperazine rings is 2. The fraction of sp³-hybridized carbons (Fsp3) is 0.350. The monoisotopic (exact) mass is 726 g/mol. The van der Waals surface area contributed by atoms with Gasteiger partial charge in [0.2, 0.25) is 11.9 Å². The highest BCUT2D eigenvalue weighted by Crippen LogP contribution is 2.26. The maximum Gasteiger partial charge on any atom is 0.260 e. The summed E-state index contributed by atoms with van der Waals surface area (Å²) in [6.07, 6.45) is 3.38. The van der Waals surface area contributed by atoms with Gasteiger partial charge in [-0.3, -0.25) is 18.7 Å². The number of benzene rings is 2. The van der Waals surface area contributed by atoms with Crippen LogP contribution in [-0.4, -0.2) is 105 Å². The van der Waals surface area contributed by atoms with Crippen molar-refractivity contribution in [3.63, 3.8) is 0 Å². The van der Waals surface area contributed by atoms with Crippen molar-refractivity contribution < 1.29 is 0 Å². The number of likely N-dealkylation sites (N-methyl/N-ethyl adjacent to an activating group) is 2. The van der Waals surface area contributed by atoms with Crippen molar-refractivity contribution in [2.45, 2.75) is 26.9 Å². The van der Waals surface area contributed by atoms with E-state index < -0.39 is 0 Å². The Morgan fingerprint density at radius 3 is 1.28 bits per heavy atom. The van der Waals surface area contributed by atoms with Gasteiger partial charge in [-0.1, -0.05) is 0 Å². The van der Waals surface area contributed by atoms with Crippen LogP contribution < -0.4 is 31.6 Å². The maximum atomic E-state index is 14.1. The number of nitrogens with one attached hydrogen (secondary N) is 2. The van der Waals surface area contributed by atoms with E-state index in [1.807, 2.05) is 38.1 Å². The van der Waals surface area contributed by atoms with Crippen molar-refractivity contribution in [3.8, 4) is 11.1 Å². The molecule has 2 aromatic carbocycles. The standard InChI is InChI=1S/C40H46N12O2/c1-5-51-35-27(25-41-39(45-35)43-29-7-11-31(12-8-29)49-19-15-47(3)16-20-49)23-33(37(51)53)34-24-28-26-42-40(46-36(28)52(6-2)38(34)54)44-30-9-13-32(14-10-30)50-21-17-48(4)18-22-50/h7-14,23-26H,5-6,15-22H2,1-4H3,(H,41,43,45)(H,42,44,46). The predicted molar refractivity (Wildman–Crippen MR) is 217 cm³/mol. The Balaban J connectivity index is 1.05. The molecule has 0 radical (unpaired) electrons. The molecule has 2 aliphatic rings. The number of rotatable bonds is 9. The van der Waals surface area contributed by atoms with Gasteiger partial charge in [-0.2, -0.15) is 9.97 Å². The van der Waals surface area contributed by atoms with E-state index in [9.17, 15) is 9.59 Å². The van der Waals surface area contributed by atoms with E-state index in [0.29, 0.717) is 47.1 Å². The first-order valence-electron chi connectivity index (χ1n) is 18.7. The number of pyridine rings is 2. The van der Waals surface area contributed by atoms with E-state index in [-0.39, 0.29) is 22.2 Å². The molecule has 6 aromatic rings. The molecule has 2 N–H and O–H groups in total. The van der Waals surface area contributed by atoms with Gasteiger partial charge >= 0.3 is 0 Å². The van der Waals surface area contributed by atoms with Crippen molar-refractivity contribution in [3.05, 3.63) is 93.8 Å². The average molecular weight is 727 g/mol. The highest BCUT2D eigenvalue weighted by Gasteiger charge is 2.20. The van der Waals surface area contributed by atoms with Crippen LogP contribution in [0, 0.1) is 0 Å². The quantitative estimate of drug-likeness (QED) is 0.216. The van der Waals surface area contributed by atoms with E-state index in [1.165, 1.54) is 11.4 Å². The third-order valence-electron chi connectivity index (χ3n) is 10.6. The van der Waals surface area contributed by atoms with E-state index in [1.54, 1.807) is 33.7 Å². The summed E-state index contributed by atoms with van der Waals surface area (Å²) >= 11 is 0. The highest BCUT2D eigenvalue weighted by atomic mass is 16.1. The SMILES string of the molecule is CCn1c(=O)c(-c2cc3cnc(Nc4ccc(N5CCN(C)CC5)cc4)nc3n(CC)c2=O)cc2cnc(Nc3ccc(N4CCN(C)CC4)cc3)nc21. The Morgan fingerprint density at radius 2 is 0.926 bits per heavy atom. The highest BCUT2D eigenvalue weighted by molar-refractivity contribution is 5.86. The van der Waals surface area contributed by atoms with Crippen molar-refractivity contribution in [1.29, 1.82) is 0 Å². The predicted octanol–water partition coefficient (Wildman–Crippen LogP) is 4.59. The first kappa shape index (κ1) is 35.2. The molecule has 14 nitrogen and oxygen atoms in total. The van der Waals surface area contributed by atoms with E-state index in [0.717, 1.165) is 63.7 Å². The van der Waals surface area contributed by atoms with Crippen LogP contribution in [-0.2, 0) is 13.1 Å². The Bertz CT molecular complexity index is 2240. The van der Waals surface area contributed by atoms with Crippen LogP contribution >= 0.6 is 0 Å². The second-order valence-corrected chi connectivity index (χ2v) is 14.1. The van der Waals surface area contributed by atoms with Crippen LogP contribution in [0.25, 0.3) is 33.2 Å². The molecule has 0 spiro atoms. The molecule has 2 saturated heterocycles. The zero-order chi connectivity index (χ0) is 37.3. The third kappa shape index (κ3) is 6.97. The van der Waals surface area contributed by atoms with Crippen molar-refractivity contribution in [1.82, 2.24) is 38.9 Å². The Labute approximate surface area is 313 Å². The number of aromatic nitrogens is 6. The smallest absolute Gasteiger partial charge is 0.260 e. The number of anilines is 6. The first-order valence-corrected chi connectivity index (χ1v) is 18.7. The number of aryl methyl sites for hydroxylation is 2. The van der Waals surface area contributed by atoms with Crippen molar-refractivity contribution in [2.24, 2.45) is 0 Å². The summed E-state index contributed by atoms with van der Waals surface area (Å²) in [6.45, 7) is 12.7. The van der Waals surface area contributed by atoms with E-state index in [4.69, 9.17) is 9.97 Å². The Kier molecular flexibility index (Phi) is 9.69. The Hall–Kier alpha value is -5.86. The van der Waals surface area contributed by atoms with Gasteiger partial charge in [0.15, 0.2) is 0 Å². The second kappa shape index (κ2) is 14.9. The molecule has 4 aromatic heterocycles. The molecule has 2 aliphatic heterocycles. The zero-order valence-electron chi connectivity index (χ0n) is 31.3. The molecule has 8 rings (SSSR count). The topological polar surface area (TPSA) is 133 Å². The van der Waals surface area contributed by atoms with Crippen LogP contribution in [0.4, 0.5) is 34.6 Å². The largest absolute Gasteiger partial charge is 0.369 e. The molecular formula is C40H46N12O2. The molecule has 0 aliphatic carbocycles. The summed E-state index contributed by atoms with van der Waals surface area (Å²) in [4.78, 5) is 56.2. The summed E-state index contributed by atoms with van der Waals surface area (Å²) in [6, 6.07) is 19.9. The lowest BCUT2D eigenvalue weighted by Crippen LogP contribution is -2.44. The summed E-state index contributed by atoms with van der Waals surface area (Å²) in [5.41, 5.74) is 5.01. The molecule has 0 amide bonds. The van der Waals surface area contributed by atoms with Crippen LogP contribution in [0.3, 0.4) is 0 Å². The Morgan fingerprint density at radius 1 is 0.556 bits per heavy atom. The molecular weight excluding hydrogens is 681 g/mol. The van der Waals surface area contributed by atoms with Crippen LogP contribution in [0.1, 0.15) is 13.8 Å². The first-order chi connectivity index (χ1) is 26.3. The molecule has 54 heavy (non-hydrogen) atoms. The molecule has 2 fully saturated rings. The van der Waals surface area contributed by atoms with Crippen LogP contribution in [0.15, 0.2) is 82.6 Å². The van der Waals surface area contributed by atoms with Crippen LogP contribution in [0.2, 0.25) is 0 Å². The van der Waals surface area contributed by atoms with Crippen molar-refractivity contribution in [2.75, 3.05) is 86.9 Å². The molecule has 14 heteroatoms. The normalized spacial score (nSPS) is 15.6. The summed E-state index contributed by atoms with van der Waals surface area (Å²) < 4.78 is 3.18. The number of fused-ring (bicyclic) bond motifs is 2. The van der Waals surface area contributed by atoms with Crippen molar-refractivity contribution >= 4 is 56.7 Å². The van der Waals surface area contributed by atoms with Gasteiger partial charge in [-0.05, 0) is 88.6 Å². The molecule has 0 unspecified atom stereocenters. The van der Waals surface area contributed by atoms with Gasteiger partial charge in [-0.25, -0.2) is 9.97 Å². The minimum atomic E-state index is -0.301. The molecule has 6 heterocycles. The van der Waals surface area contributed by atoms with Gasteiger partial charge in [-0.15, -0.1) is 0 Å². The zero-order valence-corrected chi connectivity index (χ0v) is 31.3. The lowest BCUT2D eigenvalue weighted by Gasteiger charge is -2.34. The van der Waals surface area contributed by atoms with Gasteiger partial charge < -0.3 is 30.2 Å². The third-order valence-corrected chi connectivity index (χ3v) is 10.6. The van der Waals surface area contributed by atoms with Crippen LogP contribution in [0.5, 0.6) is 0 Å². The second-order valence-electron chi connectivity index (χ2n) is 14.1. The number of hydrogen-bond donors (Lipinski definition) is 2. The van der Waals surface area contributed by atoms with Gasteiger partial charge in [0.25, 0.3) is 11.1 Å². The minimum Gasteiger partial charge on any atom is -0.369 e. The fourth-order valence-corrected chi connectivity index (χ4v) is 7.31. The summed E-state index contributed by atoms with van der Waals surface area (Å²) in [5.74, 6) is 0.770. The molecule has 278 valence electrons. The summed E-state index contributed by atoms with van der Waals surface area (Å²) in [7, 11) is 4.30. The van der Waals surface area contributed by atoms with E-state index in [2.05, 4.69) is 78.6 Å². The summed E-state index contributed by atoms with van der Waals surface area (Å²) in [5, 5.41) is 7.89. The minimum absolute atomic E-state index is 0.282.